The normalized spacial score (nSPS) is 16.1. The molecule has 1 aliphatic heterocycles. The van der Waals surface area contributed by atoms with E-state index >= 15 is 0 Å². The number of nitrogens with zero attached hydrogens (tertiary/aromatic N) is 5. The third kappa shape index (κ3) is 3.52. The van der Waals surface area contributed by atoms with Gasteiger partial charge in [-0.3, -0.25) is 0 Å². The molecular weight excluding hydrogens is 406 g/mol. The van der Waals surface area contributed by atoms with E-state index in [1.165, 1.54) is 11.5 Å². The highest BCUT2D eigenvalue weighted by atomic mass is 35.5. The molecule has 3 heterocycles. The smallest absolute Gasteiger partial charge is 0.213 e. The van der Waals surface area contributed by atoms with Gasteiger partial charge < -0.3 is 4.90 Å². The Morgan fingerprint density at radius 2 is 1.81 bits per heavy atom. The first-order valence-electron chi connectivity index (χ1n) is 8.58. The fourth-order valence-electron chi connectivity index (χ4n) is 3.13. The standard InChI is InChI=1S/C17H18ClN5O2S2/c1-2-27(24,25)23-9-7-22(8-10-23)17-16-15(19-11-20-17)14(21-26-16)12-3-5-13(18)6-4-12/h3-6,11H,2,7-10H2,1H3. The Bertz CT molecular complexity index is 1060. The van der Waals surface area contributed by atoms with E-state index < -0.39 is 10.0 Å². The number of halogens is 1. The summed E-state index contributed by atoms with van der Waals surface area (Å²) in [7, 11) is -3.15. The molecule has 2 aromatic heterocycles. The fourth-order valence-corrected chi connectivity index (χ4v) is 5.22. The first-order valence-corrected chi connectivity index (χ1v) is 11.3. The van der Waals surface area contributed by atoms with E-state index in [0.29, 0.717) is 31.2 Å². The first kappa shape index (κ1) is 18.5. The van der Waals surface area contributed by atoms with Crippen LogP contribution in [0.1, 0.15) is 6.92 Å². The molecule has 1 aromatic carbocycles. The molecule has 0 unspecified atom stereocenters. The van der Waals surface area contributed by atoms with E-state index in [-0.39, 0.29) is 5.75 Å². The Kier molecular flexibility index (Phi) is 5.02. The van der Waals surface area contributed by atoms with Crippen LogP contribution in [0, 0.1) is 0 Å². The van der Waals surface area contributed by atoms with Crippen molar-refractivity contribution in [1.82, 2.24) is 18.6 Å². The lowest BCUT2D eigenvalue weighted by Crippen LogP contribution is -2.49. The molecule has 27 heavy (non-hydrogen) atoms. The van der Waals surface area contributed by atoms with E-state index in [1.807, 2.05) is 24.3 Å². The van der Waals surface area contributed by atoms with Crippen molar-refractivity contribution < 1.29 is 8.42 Å². The van der Waals surface area contributed by atoms with Crippen LogP contribution < -0.4 is 4.90 Å². The summed E-state index contributed by atoms with van der Waals surface area (Å²) >= 11 is 7.34. The lowest BCUT2D eigenvalue weighted by Gasteiger charge is -2.34. The number of anilines is 1. The zero-order chi connectivity index (χ0) is 19.0. The molecule has 7 nitrogen and oxygen atoms in total. The van der Waals surface area contributed by atoms with Crippen molar-refractivity contribution in [3.05, 3.63) is 35.6 Å². The molecule has 4 rings (SSSR count). The van der Waals surface area contributed by atoms with Gasteiger partial charge in [0.15, 0.2) is 5.82 Å². The highest BCUT2D eigenvalue weighted by Crippen LogP contribution is 2.34. The Labute approximate surface area is 166 Å². The van der Waals surface area contributed by atoms with E-state index in [0.717, 1.165) is 27.3 Å². The van der Waals surface area contributed by atoms with Crippen LogP contribution in [-0.4, -0.2) is 59.0 Å². The molecule has 10 heteroatoms. The van der Waals surface area contributed by atoms with E-state index in [2.05, 4.69) is 19.2 Å². The molecule has 0 N–H and O–H groups in total. The maximum absolute atomic E-state index is 12.1. The van der Waals surface area contributed by atoms with Crippen LogP contribution in [0.4, 0.5) is 5.82 Å². The van der Waals surface area contributed by atoms with Crippen molar-refractivity contribution in [2.75, 3.05) is 36.8 Å². The number of rotatable bonds is 4. The maximum atomic E-state index is 12.1. The molecule has 0 aliphatic carbocycles. The van der Waals surface area contributed by atoms with E-state index in [4.69, 9.17) is 11.6 Å². The van der Waals surface area contributed by atoms with Crippen LogP contribution in [-0.2, 0) is 10.0 Å². The summed E-state index contributed by atoms with van der Waals surface area (Å²) in [5.74, 6) is 0.940. The van der Waals surface area contributed by atoms with E-state index in [9.17, 15) is 8.42 Å². The predicted molar refractivity (Wildman–Crippen MR) is 109 cm³/mol. The van der Waals surface area contributed by atoms with Crippen molar-refractivity contribution in [3.63, 3.8) is 0 Å². The molecule has 1 aliphatic rings. The monoisotopic (exact) mass is 423 g/mol. The van der Waals surface area contributed by atoms with Gasteiger partial charge in [0, 0.05) is 36.8 Å². The minimum absolute atomic E-state index is 0.129. The van der Waals surface area contributed by atoms with Gasteiger partial charge in [-0.25, -0.2) is 18.4 Å². The van der Waals surface area contributed by atoms with Crippen LogP contribution in [0.5, 0.6) is 0 Å². The molecule has 0 radical (unpaired) electrons. The number of hydrogen-bond donors (Lipinski definition) is 0. The molecule has 0 bridgehead atoms. The third-order valence-corrected chi connectivity index (χ3v) is 7.62. The quantitative estimate of drug-likeness (QED) is 0.642. The second kappa shape index (κ2) is 7.31. The van der Waals surface area contributed by atoms with Crippen LogP contribution in [0.3, 0.4) is 0 Å². The van der Waals surface area contributed by atoms with Gasteiger partial charge in [-0.1, -0.05) is 23.7 Å². The Morgan fingerprint density at radius 1 is 1.11 bits per heavy atom. The molecule has 3 aromatic rings. The zero-order valence-electron chi connectivity index (χ0n) is 14.7. The highest BCUT2D eigenvalue weighted by Gasteiger charge is 2.27. The van der Waals surface area contributed by atoms with Gasteiger partial charge >= 0.3 is 0 Å². The van der Waals surface area contributed by atoms with Crippen molar-refractivity contribution >= 4 is 49.2 Å². The number of benzene rings is 1. The van der Waals surface area contributed by atoms with Crippen LogP contribution in [0.25, 0.3) is 21.5 Å². The number of sulfonamides is 1. The second-order valence-electron chi connectivity index (χ2n) is 6.20. The predicted octanol–water partition coefficient (Wildman–Crippen LogP) is 2.88. The number of fused-ring (bicyclic) bond motifs is 1. The molecular formula is C17H18ClN5O2S2. The molecule has 1 saturated heterocycles. The van der Waals surface area contributed by atoms with Crippen LogP contribution in [0.2, 0.25) is 5.02 Å². The minimum Gasteiger partial charge on any atom is -0.353 e. The molecule has 0 saturated carbocycles. The molecule has 0 amide bonds. The van der Waals surface area contributed by atoms with Crippen molar-refractivity contribution in [2.45, 2.75) is 6.92 Å². The number of aromatic nitrogens is 3. The van der Waals surface area contributed by atoms with Gasteiger partial charge in [0.25, 0.3) is 0 Å². The van der Waals surface area contributed by atoms with Crippen molar-refractivity contribution in [1.29, 1.82) is 0 Å². The molecule has 0 atom stereocenters. The fraction of sp³-hybridized carbons (Fsp3) is 0.353. The average Bonchev–Trinajstić information content (AvgIpc) is 3.13. The zero-order valence-corrected chi connectivity index (χ0v) is 17.1. The third-order valence-electron chi connectivity index (χ3n) is 4.65. The molecule has 0 spiro atoms. The minimum atomic E-state index is -3.15. The summed E-state index contributed by atoms with van der Waals surface area (Å²) < 4.78 is 31.2. The van der Waals surface area contributed by atoms with Crippen molar-refractivity contribution in [2.24, 2.45) is 0 Å². The van der Waals surface area contributed by atoms with Gasteiger partial charge in [0.1, 0.15) is 22.2 Å². The summed E-state index contributed by atoms with van der Waals surface area (Å²) in [6.45, 7) is 3.79. The second-order valence-corrected chi connectivity index (χ2v) is 9.67. The van der Waals surface area contributed by atoms with Gasteiger partial charge in [-0.15, -0.1) is 0 Å². The highest BCUT2D eigenvalue weighted by molar-refractivity contribution is 7.89. The summed E-state index contributed by atoms with van der Waals surface area (Å²) in [6.07, 6.45) is 1.54. The Hall–Kier alpha value is -1.81. The van der Waals surface area contributed by atoms with Gasteiger partial charge in [-0.05, 0) is 30.6 Å². The van der Waals surface area contributed by atoms with Gasteiger partial charge in [0.2, 0.25) is 10.0 Å². The average molecular weight is 424 g/mol. The lowest BCUT2D eigenvalue weighted by atomic mass is 10.1. The van der Waals surface area contributed by atoms with Crippen molar-refractivity contribution in [3.8, 4) is 11.3 Å². The Balaban J connectivity index is 1.64. The summed E-state index contributed by atoms with van der Waals surface area (Å²) in [6, 6.07) is 7.51. The first-order chi connectivity index (χ1) is 13.0. The summed E-state index contributed by atoms with van der Waals surface area (Å²) in [5, 5.41) is 0.675. The molecule has 142 valence electrons. The van der Waals surface area contributed by atoms with Crippen LogP contribution in [0.15, 0.2) is 30.6 Å². The topological polar surface area (TPSA) is 79.3 Å². The Morgan fingerprint density at radius 3 is 2.48 bits per heavy atom. The van der Waals surface area contributed by atoms with E-state index in [1.54, 1.807) is 17.6 Å². The van der Waals surface area contributed by atoms with Crippen LogP contribution >= 0.6 is 23.1 Å². The summed E-state index contributed by atoms with van der Waals surface area (Å²) in [4.78, 5) is 11.0. The maximum Gasteiger partial charge on any atom is 0.213 e. The largest absolute Gasteiger partial charge is 0.353 e. The summed E-state index contributed by atoms with van der Waals surface area (Å²) in [5.41, 5.74) is 2.56. The SMILES string of the molecule is CCS(=O)(=O)N1CCN(c2ncnc3c(-c4ccc(Cl)cc4)nsc23)CC1. The number of hydrogen-bond acceptors (Lipinski definition) is 7. The van der Waals surface area contributed by atoms with Gasteiger partial charge in [-0.2, -0.15) is 8.68 Å². The number of piperazine rings is 1. The van der Waals surface area contributed by atoms with Gasteiger partial charge in [0.05, 0.1) is 5.75 Å². The molecule has 1 fully saturated rings. The lowest BCUT2D eigenvalue weighted by molar-refractivity contribution is 0.385.